The number of morpholine rings is 1. The number of guanidine groups is 1. The summed E-state index contributed by atoms with van der Waals surface area (Å²) in [6, 6.07) is 6.87. The van der Waals surface area contributed by atoms with Crippen molar-refractivity contribution in [3.05, 3.63) is 51.7 Å². The molecule has 1 saturated heterocycles. The highest BCUT2D eigenvalue weighted by Gasteiger charge is 2.23. The molecule has 28 heavy (non-hydrogen) atoms. The normalized spacial score (nSPS) is 16.8. The first-order valence-electron chi connectivity index (χ1n) is 9.65. The van der Waals surface area contributed by atoms with Crippen LogP contribution in [0, 0.1) is 5.82 Å². The third-order valence-corrected chi connectivity index (χ3v) is 5.93. The van der Waals surface area contributed by atoms with E-state index in [0.717, 1.165) is 36.0 Å². The smallest absolute Gasteiger partial charge is 0.191 e. The van der Waals surface area contributed by atoms with Crippen molar-refractivity contribution < 1.29 is 9.13 Å². The number of nitrogens with one attached hydrogen (secondary N) is 2. The zero-order chi connectivity index (χ0) is 19.8. The van der Waals surface area contributed by atoms with E-state index in [1.807, 2.05) is 18.3 Å². The Labute approximate surface area is 169 Å². The molecule has 0 radical (unpaired) electrons. The second-order valence-electron chi connectivity index (χ2n) is 6.60. The van der Waals surface area contributed by atoms with Crippen LogP contribution in [0.5, 0.6) is 0 Å². The molecule has 2 heterocycles. The van der Waals surface area contributed by atoms with Crippen molar-refractivity contribution in [3.63, 3.8) is 0 Å². The fourth-order valence-electron chi connectivity index (χ4n) is 3.20. The van der Waals surface area contributed by atoms with Crippen molar-refractivity contribution in [2.24, 2.45) is 4.99 Å². The molecule has 1 aliphatic heterocycles. The van der Waals surface area contributed by atoms with E-state index >= 15 is 0 Å². The van der Waals surface area contributed by atoms with Gasteiger partial charge >= 0.3 is 0 Å². The Balaban J connectivity index is 1.61. The minimum atomic E-state index is -0.218. The van der Waals surface area contributed by atoms with E-state index in [1.54, 1.807) is 18.4 Å². The minimum Gasteiger partial charge on any atom is -0.379 e. The maximum absolute atomic E-state index is 13.4. The van der Waals surface area contributed by atoms with Gasteiger partial charge in [-0.25, -0.2) is 9.37 Å². The lowest BCUT2D eigenvalue weighted by molar-refractivity contribution is 0.0170. The molecule has 1 unspecified atom stereocenters. The zero-order valence-electron chi connectivity index (χ0n) is 16.4. The van der Waals surface area contributed by atoms with Crippen LogP contribution in [-0.4, -0.2) is 55.7 Å². The van der Waals surface area contributed by atoms with Crippen LogP contribution in [0.2, 0.25) is 0 Å². The van der Waals surface area contributed by atoms with Gasteiger partial charge in [0, 0.05) is 37.8 Å². The number of benzene rings is 1. The van der Waals surface area contributed by atoms with Crippen LogP contribution in [-0.2, 0) is 17.7 Å². The van der Waals surface area contributed by atoms with E-state index in [0.29, 0.717) is 26.3 Å². The van der Waals surface area contributed by atoms with Gasteiger partial charge in [0.25, 0.3) is 0 Å². The number of aromatic nitrogens is 1. The molecule has 1 aromatic heterocycles. The zero-order valence-corrected chi connectivity index (χ0v) is 17.3. The van der Waals surface area contributed by atoms with Gasteiger partial charge in [-0.3, -0.25) is 9.89 Å². The van der Waals surface area contributed by atoms with Crippen molar-refractivity contribution in [2.45, 2.75) is 25.9 Å². The number of rotatable bonds is 7. The lowest BCUT2D eigenvalue weighted by Crippen LogP contribution is -2.46. The van der Waals surface area contributed by atoms with Gasteiger partial charge in [0.2, 0.25) is 0 Å². The summed E-state index contributed by atoms with van der Waals surface area (Å²) in [5.41, 5.74) is 1.08. The van der Waals surface area contributed by atoms with Crippen molar-refractivity contribution in [1.82, 2.24) is 20.5 Å². The average Bonchev–Trinajstić information content (AvgIpc) is 3.20. The predicted octanol–water partition coefficient (Wildman–Crippen LogP) is 2.58. The van der Waals surface area contributed by atoms with Crippen LogP contribution in [0.15, 0.2) is 35.5 Å². The van der Waals surface area contributed by atoms with Crippen LogP contribution in [0.4, 0.5) is 4.39 Å². The van der Waals surface area contributed by atoms with Gasteiger partial charge in [-0.2, -0.15) is 0 Å². The van der Waals surface area contributed by atoms with Crippen molar-refractivity contribution >= 4 is 17.3 Å². The van der Waals surface area contributed by atoms with Crippen LogP contribution in [0.25, 0.3) is 0 Å². The van der Waals surface area contributed by atoms with E-state index < -0.39 is 0 Å². The molecule has 0 amide bonds. The quantitative estimate of drug-likeness (QED) is 0.548. The molecule has 8 heteroatoms. The maximum atomic E-state index is 13.4. The Morgan fingerprint density at radius 2 is 2.04 bits per heavy atom. The number of hydrogen-bond donors (Lipinski definition) is 2. The monoisotopic (exact) mass is 405 g/mol. The SMILES string of the molecule is CCc1cnc(CNC(=NC)NCC(c2ccc(F)cc2)N2CCOCC2)s1. The molecule has 0 aliphatic carbocycles. The lowest BCUT2D eigenvalue weighted by Gasteiger charge is -2.35. The second kappa shape index (κ2) is 10.5. The van der Waals surface area contributed by atoms with Gasteiger partial charge in [0.1, 0.15) is 10.8 Å². The Hall–Kier alpha value is -2.03. The molecule has 152 valence electrons. The Morgan fingerprint density at radius 1 is 1.29 bits per heavy atom. The number of nitrogens with zero attached hydrogens (tertiary/aromatic N) is 3. The highest BCUT2D eigenvalue weighted by atomic mass is 32.1. The maximum Gasteiger partial charge on any atom is 0.191 e. The van der Waals surface area contributed by atoms with E-state index in [4.69, 9.17) is 4.74 Å². The van der Waals surface area contributed by atoms with Crippen molar-refractivity contribution in [1.29, 1.82) is 0 Å². The highest BCUT2D eigenvalue weighted by molar-refractivity contribution is 7.11. The van der Waals surface area contributed by atoms with Crippen LogP contribution >= 0.6 is 11.3 Å². The average molecular weight is 406 g/mol. The summed E-state index contributed by atoms with van der Waals surface area (Å²) in [5.74, 6) is 0.512. The second-order valence-corrected chi connectivity index (χ2v) is 7.80. The first-order chi connectivity index (χ1) is 13.7. The molecular weight excluding hydrogens is 377 g/mol. The summed E-state index contributed by atoms with van der Waals surface area (Å²) in [4.78, 5) is 12.4. The summed E-state index contributed by atoms with van der Waals surface area (Å²) >= 11 is 1.72. The fourth-order valence-corrected chi connectivity index (χ4v) is 4.00. The van der Waals surface area contributed by atoms with Gasteiger partial charge < -0.3 is 15.4 Å². The Kier molecular flexibility index (Phi) is 7.76. The predicted molar refractivity (Wildman–Crippen MR) is 111 cm³/mol. The van der Waals surface area contributed by atoms with E-state index in [1.165, 1.54) is 17.0 Å². The van der Waals surface area contributed by atoms with Crippen LogP contribution in [0.3, 0.4) is 0 Å². The Morgan fingerprint density at radius 3 is 2.68 bits per heavy atom. The highest BCUT2D eigenvalue weighted by Crippen LogP contribution is 2.21. The summed E-state index contributed by atoms with van der Waals surface area (Å²) in [7, 11) is 1.76. The number of ether oxygens (including phenoxy) is 1. The lowest BCUT2D eigenvalue weighted by atomic mass is 10.0. The molecule has 3 rings (SSSR count). The summed E-state index contributed by atoms with van der Waals surface area (Å²) in [5, 5.41) is 7.78. The molecule has 1 atom stereocenters. The third-order valence-electron chi connectivity index (χ3n) is 4.78. The first-order valence-corrected chi connectivity index (χ1v) is 10.5. The molecular formula is C20H28FN5OS. The van der Waals surface area contributed by atoms with Gasteiger partial charge in [0.15, 0.2) is 5.96 Å². The summed E-state index contributed by atoms with van der Waals surface area (Å²) < 4.78 is 18.9. The van der Waals surface area contributed by atoms with E-state index in [2.05, 4.69) is 32.4 Å². The number of aryl methyl sites for hydroxylation is 1. The standard InChI is InChI=1S/C20H28FN5OS/c1-3-17-12-23-19(28-17)14-25-20(22-2)24-13-18(26-8-10-27-11-9-26)15-4-6-16(21)7-5-15/h4-7,12,18H,3,8-11,13-14H2,1-2H3,(H2,22,24,25). The molecule has 1 fully saturated rings. The molecule has 0 saturated carbocycles. The van der Waals surface area contributed by atoms with Gasteiger partial charge in [0.05, 0.1) is 25.8 Å². The fraction of sp³-hybridized carbons (Fsp3) is 0.500. The minimum absolute atomic E-state index is 0.120. The van der Waals surface area contributed by atoms with E-state index in [-0.39, 0.29) is 11.9 Å². The Bertz CT molecular complexity index is 758. The van der Waals surface area contributed by atoms with Gasteiger partial charge in [-0.15, -0.1) is 11.3 Å². The third kappa shape index (κ3) is 5.73. The summed E-state index contributed by atoms with van der Waals surface area (Å²) in [6.07, 6.45) is 2.93. The summed E-state index contributed by atoms with van der Waals surface area (Å²) in [6.45, 7) is 6.59. The van der Waals surface area contributed by atoms with Crippen LogP contribution < -0.4 is 10.6 Å². The van der Waals surface area contributed by atoms with Crippen molar-refractivity contribution in [2.75, 3.05) is 39.9 Å². The molecule has 0 bridgehead atoms. The molecule has 0 spiro atoms. The molecule has 2 aromatic rings. The number of thiazole rings is 1. The first kappa shape index (κ1) is 20.7. The van der Waals surface area contributed by atoms with Crippen molar-refractivity contribution in [3.8, 4) is 0 Å². The molecule has 1 aromatic carbocycles. The van der Waals surface area contributed by atoms with Gasteiger partial charge in [-0.1, -0.05) is 19.1 Å². The number of halogens is 1. The molecule has 6 nitrogen and oxygen atoms in total. The van der Waals surface area contributed by atoms with E-state index in [9.17, 15) is 4.39 Å². The topological polar surface area (TPSA) is 61.8 Å². The number of aliphatic imine (C=N–C) groups is 1. The molecule has 2 N–H and O–H groups in total. The molecule has 1 aliphatic rings. The largest absolute Gasteiger partial charge is 0.379 e. The van der Waals surface area contributed by atoms with Gasteiger partial charge in [-0.05, 0) is 24.1 Å². The number of hydrogen-bond acceptors (Lipinski definition) is 5. The van der Waals surface area contributed by atoms with Crippen LogP contribution in [0.1, 0.15) is 28.4 Å².